The van der Waals surface area contributed by atoms with Gasteiger partial charge >= 0.3 is 0 Å². The lowest BCUT2D eigenvalue weighted by molar-refractivity contribution is -0.384. The lowest BCUT2D eigenvalue weighted by atomic mass is 10.2. The Bertz CT molecular complexity index is 528. The minimum atomic E-state index is -3.10. The monoisotopic (exact) mass is 272 g/mol. The molecule has 1 atom stereocenters. The van der Waals surface area contributed by atoms with Gasteiger partial charge in [-0.1, -0.05) is 19.1 Å². The third-order valence-corrected chi connectivity index (χ3v) is 4.33. The number of rotatable bonds is 6. The van der Waals surface area contributed by atoms with Crippen LogP contribution in [0, 0.1) is 10.1 Å². The standard InChI is InChI=1S/C11H16N2O4S/c1-3-18(16,17)8-9(2)12-10-6-4-5-7-11(10)13(14)15/h4-7,9,12H,3,8H2,1-2H3/t9-/m1/s1. The second-order valence-corrected chi connectivity index (χ2v) is 6.42. The van der Waals surface area contributed by atoms with Crippen LogP contribution in [0.1, 0.15) is 13.8 Å². The van der Waals surface area contributed by atoms with E-state index >= 15 is 0 Å². The third kappa shape index (κ3) is 3.99. The van der Waals surface area contributed by atoms with Gasteiger partial charge in [0.05, 0.1) is 10.7 Å². The van der Waals surface area contributed by atoms with Crippen molar-refractivity contribution in [3.05, 3.63) is 34.4 Å². The van der Waals surface area contributed by atoms with E-state index < -0.39 is 14.8 Å². The molecule has 1 rings (SSSR count). The van der Waals surface area contributed by atoms with Gasteiger partial charge in [0, 0.05) is 17.9 Å². The van der Waals surface area contributed by atoms with E-state index in [1.807, 2.05) is 0 Å². The van der Waals surface area contributed by atoms with E-state index in [-0.39, 0.29) is 23.2 Å². The van der Waals surface area contributed by atoms with Gasteiger partial charge in [-0.25, -0.2) is 8.42 Å². The van der Waals surface area contributed by atoms with Crippen molar-refractivity contribution in [1.82, 2.24) is 0 Å². The van der Waals surface area contributed by atoms with Crippen LogP contribution in [0.4, 0.5) is 11.4 Å². The summed E-state index contributed by atoms with van der Waals surface area (Å²) in [7, 11) is -3.10. The first kappa shape index (κ1) is 14.4. The van der Waals surface area contributed by atoms with Crippen LogP contribution in [0.3, 0.4) is 0 Å². The highest BCUT2D eigenvalue weighted by atomic mass is 32.2. The number of nitro groups is 1. The van der Waals surface area contributed by atoms with Crippen molar-refractivity contribution in [3.63, 3.8) is 0 Å². The lowest BCUT2D eigenvalue weighted by Gasteiger charge is -2.14. The first-order valence-electron chi connectivity index (χ1n) is 5.56. The summed E-state index contributed by atoms with van der Waals surface area (Å²) in [5.74, 6) is 0.0193. The van der Waals surface area contributed by atoms with Crippen LogP contribution in [0.15, 0.2) is 24.3 Å². The number of anilines is 1. The summed E-state index contributed by atoms with van der Waals surface area (Å²) in [6.07, 6.45) is 0. The Morgan fingerprint density at radius 1 is 1.39 bits per heavy atom. The lowest BCUT2D eigenvalue weighted by Crippen LogP contribution is -2.27. The van der Waals surface area contributed by atoms with Crippen LogP contribution in [-0.4, -0.2) is 30.9 Å². The number of benzene rings is 1. The van der Waals surface area contributed by atoms with Gasteiger partial charge in [0.1, 0.15) is 5.69 Å². The molecular formula is C11H16N2O4S. The second-order valence-electron chi connectivity index (χ2n) is 4.02. The fourth-order valence-corrected chi connectivity index (χ4v) is 2.64. The molecule has 0 spiro atoms. The maximum absolute atomic E-state index is 11.4. The molecule has 1 aromatic carbocycles. The van der Waals surface area contributed by atoms with Crippen molar-refractivity contribution in [2.75, 3.05) is 16.8 Å². The van der Waals surface area contributed by atoms with E-state index in [2.05, 4.69) is 5.32 Å². The number of nitrogens with zero attached hydrogens (tertiary/aromatic N) is 1. The van der Waals surface area contributed by atoms with Crippen molar-refractivity contribution in [2.24, 2.45) is 0 Å². The molecule has 0 aliphatic heterocycles. The van der Waals surface area contributed by atoms with Crippen LogP contribution in [0.2, 0.25) is 0 Å². The van der Waals surface area contributed by atoms with Crippen LogP contribution >= 0.6 is 0 Å². The molecule has 0 saturated carbocycles. The average Bonchev–Trinajstić information content (AvgIpc) is 2.28. The van der Waals surface area contributed by atoms with E-state index in [1.165, 1.54) is 6.07 Å². The Hall–Kier alpha value is -1.63. The Kier molecular flexibility index (Phi) is 4.66. The zero-order valence-corrected chi connectivity index (χ0v) is 11.1. The van der Waals surface area contributed by atoms with Gasteiger partial charge in [-0.3, -0.25) is 10.1 Å². The molecule has 0 fully saturated rings. The Balaban J connectivity index is 2.82. The largest absolute Gasteiger partial charge is 0.376 e. The molecule has 0 unspecified atom stereocenters. The van der Waals surface area contributed by atoms with Crippen molar-refractivity contribution in [3.8, 4) is 0 Å². The third-order valence-electron chi connectivity index (χ3n) is 2.45. The first-order chi connectivity index (χ1) is 8.35. The van der Waals surface area contributed by atoms with E-state index in [0.717, 1.165) is 0 Å². The maximum atomic E-state index is 11.4. The van der Waals surface area contributed by atoms with Crippen molar-refractivity contribution in [1.29, 1.82) is 0 Å². The van der Waals surface area contributed by atoms with Gasteiger partial charge in [-0.2, -0.15) is 0 Å². The topological polar surface area (TPSA) is 89.3 Å². The normalized spacial score (nSPS) is 13.0. The molecule has 0 aliphatic rings. The quantitative estimate of drug-likeness (QED) is 0.630. The molecule has 100 valence electrons. The molecule has 0 heterocycles. The molecule has 1 aromatic rings. The van der Waals surface area contributed by atoms with Crippen LogP contribution < -0.4 is 5.32 Å². The van der Waals surface area contributed by atoms with Crippen molar-refractivity contribution in [2.45, 2.75) is 19.9 Å². The van der Waals surface area contributed by atoms with E-state index in [0.29, 0.717) is 5.69 Å². The Morgan fingerprint density at radius 2 is 2.00 bits per heavy atom. The van der Waals surface area contributed by atoms with Gasteiger partial charge in [0.15, 0.2) is 9.84 Å². The predicted octanol–water partition coefficient (Wildman–Crippen LogP) is 1.83. The molecule has 0 amide bonds. The zero-order valence-electron chi connectivity index (χ0n) is 10.3. The highest BCUT2D eigenvalue weighted by molar-refractivity contribution is 7.91. The molecule has 0 bridgehead atoms. The Morgan fingerprint density at radius 3 is 2.56 bits per heavy atom. The Labute approximate surface area is 106 Å². The zero-order chi connectivity index (χ0) is 13.8. The van der Waals surface area contributed by atoms with Crippen molar-refractivity contribution >= 4 is 21.2 Å². The second kappa shape index (κ2) is 5.81. The summed E-state index contributed by atoms with van der Waals surface area (Å²) in [4.78, 5) is 10.3. The molecule has 7 heteroatoms. The molecule has 0 aliphatic carbocycles. The number of nitro benzene ring substituents is 1. The average molecular weight is 272 g/mol. The molecule has 0 aromatic heterocycles. The molecule has 0 saturated heterocycles. The highest BCUT2D eigenvalue weighted by Gasteiger charge is 2.17. The summed E-state index contributed by atoms with van der Waals surface area (Å²) < 4.78 is 22.9. The molecule has 1 N–H and O–H groups in total. The maximum Gasteiger partial charge on any atom is 0.292 e. The van der Waals surface area contributed by atoms with Gasteiger partial charge < -0.3 is 5.32 Å². The molecule has 18 heavy (non-hydrogen) atoms. The number of sulfone groups is 1. The van der Waals surface area contributed by atoms with Gasteiger partial charge in [-0.15, -0.1) is 0 Å². The van der Waals surface area contributed by atoms with Gasteiger partial charge in [-0.05, 0) is 13.0 Å². The smallest absolute Gasteiger partial charge is 0.292 e. The molecule has 0 radical (unpaired) electrons. The minimum absolute atomic E-state index is 0.0461. The SMILES string of the molecule is CCS(=O)(=O)C[C@@H](C)Nc1ccccc1[N+](=O)[O-]. The van der Waals surface area contributed by atoms with E-state index in [4.69, 9.17) is 0 Å². The van der Waals surface area contributed by atoms with E-state index in [9.17, 15) is 18.5 Å². The minimum Gasteiger partial charge on any atom is -0.376 e. The van der Waals surface area contributed by atoms with E-state index in [1.54, 1.807) is 32.0 Å². The van der Waals surface area contributed by atoms with Crippen molar-refractivity contribution < 1.29 is 13.3 Å². The number of hydrogen-bond donors (Lipinski definition) is 1. The summed E-state index contributed by atoms with van der Waals surface area (Å²) in [6, 6.07) is 5.79. The summed E-state index contributed by atoms with van der Waals surface area (Å²) in [5.41, 5.74) is 0.277. The number of para-hydroxylation sites is 2. The fourth-order valence-electron chi connectivity index (χ4n) is 1.56. The van der Waals surface area contributed by atoms with Crippen LogP contribution in [-0.2, 0) is 9.84 Å². The van der Waals surface area contributed by atoms with Crippen LogP contribution in [0.5, 0.6) is 0 Å². The molecule has 6 nitrogen and oxygen atoms in total. The van der Waals surface area contributed by atoms with Crippen LogP contribution in [0.25, 0.3) is 0 Å². The first-order valence-corrected chi connectivity index (χ1v) is 7.38. The number of hydrogen-bond acceptors (Lipinski definition) is 5. The fraction of sp³-hybridized carbons (Fsp3) is 0.455. The summed E-state index contributed by atoms with van der Waals surface area (Å²) >= 11 is 0. The number of nitrogens with one attached hydrogen (secondary N) is 1. The predicted molar refractivity (Wildman–Crippen MR) is 70.5 cm³/mol. The summed E-state index contributed by atoms with van der Waals surface area (Å²) in [5, 5.41) is 13.7. The molecular weight excluding hydrogens is 256 g/mol. The summed E-state index contributed by atoms with van der Waals surface area (Å²) in [6.45, 7) is 3.26. The van der Waals surface area contributed by atoms with Gasteiger partial charge in [0.25, 0.3) is 5.69 Å². The van der Waals surface area contributed by atoms with Gasteiger partial charge in [0.2, 0.25) is 0 Å². The highest BCUT2D eigenvalue weighted by Crippen LogP contribution is 2.23.